The molecule has 2 atom stereocenters. The van der Waals surface area contributed by atoms with Gasteiger partial charge in [0.05, 0.1) is 0 Å². The smallest absolute Gasteiger partial charge is 0.0388 e. The molecule has 3 nitrogen and oxygen atoms in total. The normalized spacial score (nSPS) is 24.7. The summed E-state index contributed by atoms with van der Waals surface area (Å²) in [5, 5.41) is 3.63. The highest BCUT2D eigenvalue weighted by atomic mass is 15.2. The summed E-state index contributed by atoms with van der Waals surface area (Å²) in [6.45, 7) is 7.93. The van der Waals surface area contributed by atoms with Crippen LogP contribution in [0.4, 0.5) is 11.4 Å². The van der Waals surface area contributed by atoms with E-state index in [0.29, 0.717) is 12.1 Å². The summed E-state index contributed by atoms with van der Waals surface area (Å²) < 4.78 is 0. The Bertz CT molecular complexity index is 528. The Morgan fingerprint density at radius 2 is 1.77 bits per heavy atom. The van der Waals surface area contributed by atoms with Crippen LogP contribution in [0, 0.1) is 5.92 Å². The average molecular weight is 358 g/mol. The lowest BCUT2D eigenvalue weighted by molar-refractivity contribution is 0.330. The first-order chi connectivity index (χ1) is 12.6. The number of benzene rings is 1. The molecule has 3 heteroatoms. The van der Waals surface area contributed by atoms with Gasteiger partial charge in [-0.3, -0.25) is 0 Å². The maximum absolute atomic E-state index is 3.63. The van der Waals surface area contributed by atoms with Gasteiger partial charge >= 0.3 is 0 Å². The maximum atomic E-state index is 3.63. The van der Waals surface area contributed by atoms with E-state index < -0.39 is 0 Å². The van der Waals surface area contributed by atoms with Crippen molar-refractivity contribution < 1.29 is 0 Å². The third-order valence-corrected chi connectivity index (χ3v) is 6.27. The maximum Gasteiger partial charge on any atom is 0.0388 e. The standard InChI is InChI=1S/C23H39N3/c1-19-17-26(18-20(2)24-19)23-14-9-13-22(16-23)25(3)15-8-7-12-21-10-5-4-6-11-21/h9,13-14,16,19-21,24H,4-8,10-12,15,17-18H2,1-3H3. The second-order valence-electron chi connectivity index (χ2n) is 8.81. The molecule has 0 aromatic heterocycles. The van der Waals surface area contributed by atoms with E-state index in [0.717, 1.165) is 19.0 Å². The van der Waals surface area contributed by atoms with Gasteiger partial charge in [0.15, 0.2) is 0 Å². The van der Waals surface area contributed by atoms with Crippen LogP contribution in [0.3, 0.4) is 0 Å². The lowest BCUT2D eigenvalue weighted by Gasteiger charge is -2.38. The number of piperazine rings is 1. The predicted octanol–water partition coefficient (Wildman–Crippen LogP) is 5.06. The molecule has 1 saturated heterocycles. The summed E-state index contributed by atoms with van der Waals surface area (Å²) in [4.78, 5) is 4.98. The van der Waals surface area contributed by atoms with Crippen LogP contribution in [-0.4, -0.2) is 38.8 Å². The van der Waals surface area contributed by atoms with Crippen LogP contribution in [0.5, 0.6) is 0 Å². The molecule has 0 spiro atoms. The molecule has 2 fully saturated rings. The van der Waals surface area contributed by atoms with Gasteiger partial charge in [-0.15, -0.1) is 0 Å². The molecule has 26 heavy (non-hydrogen) atoms. The molecule has 2 unspecified atom stereocenters. The molecule has 0 bridgehead atoms. The van der Waals surface area contributed by atoms with Crippen molar-refractivity contribution >= 4 is 11.4 Å². The van der Waals surface area contributed by atoms with Crippen LogP contribution in [-0.2, 0) is 0 Å². The van der Waals surface area contributed by atoms with Crippen molar-refractivity contribution in [1.82, 2.24) is 5.32 Å². The van der Waals surface area contributed by atoms with Gasteiger partial charge in [0.25, 0.3) is 0 Å². The quantitative estimate of drug-likeness (QED) is 0.688. The third-order valence-electron chi connectivity index (χ3n) is 6.27. The average Bonchev–Trinajstić information content (AvgIpc) is 2.65. The number of nitrogens with one attached hydrogen (secondary N) is 1. The van der Waals surface area contributed by atoms with Crippen molar-refractivity contribution in [3.8, 4) is 0 Å². The zero-order valence-corrected chi connectivity index (χ0v) is 17.2. The van der Waals surface area contributed by atoms with Crippen molar-refractivity contribution in [3.63, 3.8) is 0 Å². The zero-order valence-electron chi connectivity index (χ0n) is 17.2. The largest absolute Gasteiger partial charge is 0.375 e. The summed E-state index contributed by atoms with van der Waals surface area (Å²) in [6, 6.07) is 10.2. The van der Waals surface area contributed by atoms with Crippen LogP contribution in [0.15, 0.2) is 24.3 Å². The highest BCUT2D eigenvalue weighted by Gasteiger charge is 2.21. The van der Waals surface area contributed by atoms with Crippen LogP contribution in [0.1, 0.15) is 65.2 Å². The van der Waals surface area contributed by atoms with E-state index in [1.807, 2.05) is 0 Å². The van der Waals surface area contributed by atoms with Gasteiger partial charge in [-0.05, 0) is 44.4 Å². The molecular weight excluding hydrogens is 318 g/mol. The summed E-state index contributed by atoms with van der Waals surface area (Å²) >= 11 is 0. The highest BCUT2D eigenvalue weighted by Crippen LogP contribution is 2.28. The molecule has 1 aliphatic carbocycles. The number of anilines is 2. The van der Waals surface area contributed by atoms with E-state index in [1.54, 1.807) is 0 Å². The van der Waals surface area contributed by atoms with E-state index in [4.69, 9.17) is 0 Å². The number of rotatable bonds is 7. The Morgan fingerprint density at radius 3 is 2.50 bits per heavy atom. The highest BCUT2D eigenvalue weighted by molar-refractivity contribution is 5.59. The van der Waals surface area contributed by atoms with Gasteiger partial charge < -0.3 is 15.1 Å². The SMILES string of the molecule is CC1CN(c2cccc(N(C)CCCCC3CCCCC3)c2)CC(C)N1. The minimum Gasteiger partial charge on any atom is -0.375 e. The molecule has 146 valence electrons. The minimum absolute atomic E-state index is 0.555. The summed E-state index contributed by atoms with van der Waals surface area (Å²) in [7, 11) is 2.25. The summed E-state index contributed by atoms with van der Waals surface area (Å²) in [5.74, 6) is 1.02. The van der Waals surface area contributed by atoms with Crippen LogP contribution < -0.4 is 15.1 Å². The van der Waals surface area contributed by atoms with Gasteiger partial charge in [0.2, 0.25) is 0 Å². The van der Waals surface area contributed by atoms with Gasteiger partial charge in [0.1, 0.15) is 0 Å². The van der Waals surface area contributed by atoms with Crippen molar-refractivity contribution in [2.24, 2.45) is 5.92 Å². The van der Waals surface area contributed by atoms with E-state index in [1.165, 1.54) is 69.3 Å². The Balaban J connectivity index is 1.47. The zero-order chi connectivity index (χ0) is 18.4. The molecule has 1 saturated carbocycles. The van der Waals surface area contributed by atoms with Crippen LogP contribution in [0.25, 0.3) is 0 Å². The number of unbranched alkanes of at least 4 members (excludes halogenated alkanes) is 1. The van der Waals surface area contributed by atoms with Crippen molar-refractivity contribution in [1.29, 1.82) is 0 Å². The fraction of sp³-hybridized carbons (Fsp3) is 0.739. The van der Waals surface area contributed by atoms with Crippen molar-refractivity contribution in [2.45, 2.75) is 77.3 Å². The molecule has 1 aliphatic heterocycles. The molecule has 1 heterocycles. The van der Waals surface area contributed by atoms with Gasteiger partial charge in [-0.25, -0.2) is 0 Å². The molecule has 0 radical (unpaired) electrons. The Kier molecular flexibility index (Phi) is 7.24. The van der Waals surface area contributed by atoms with Gasteiger partial charge in [0, 0.05) is 50.1 Å². The predicted molar refractivity (Wildman–Crippen MR) is 114 cm³/mol. The second-order valence-corrected chi connectivity index (χ2v) is 8.81. The van der Waals surface area contributed by atoms with Crippen molar-refractivity contribution in [2.75, 3.05) is 36.5 Å². The Morgan fingerprint density at radius 1 is 1.04 bits per heavy atom. The van der Waals surface area contributed by atoms with Crippen molar-refractivity contribution in [3.05, 3.63) is 24.3 Å². The Hall–Kier alpha value is -1.22. The topological polar surface area (TPSA) is 18.5 Å². The lowest BCUT2D eigenvalue weighted by Crippen LogP contribution is -2.54. The molecule has 1 aromatic carbocycles. The summed E-state index contributed by atoms with van der Waals surface area (Å²) in [6.07, 6.45) is 11.5. The Labute approximate surface area is 161 Å². The molecular formula is C23H39N3. The summed E-state index contributed by atoms with van der Waals surface area (Å²) in [5.41, 5.74) is 2.73. The first-order valence-electron chi connectivity index (χ1n) is 10.9. The fourth-order valence-electron chi connectivity index (χ4n) is 4.85. The first-order valence-corrected chi connectivity index (χ1v) is 10.9. The number of hydrogen-bond donors (Lipinski definition) is 1. The minimum atomic E-state index is 0.555. The van der Waals surface area contributed by atoms with E-state index in [-0.39, 0.29) is 0 Å². The van der Waals surface area contributed by atoms with Gasteiger partial charge in [-0.1, -0.05) is 51.0 Å². The number of nitrogens with zero attached hydrogens (tertiary/aromatic N) is 2. The molecule has 1 N–H and O–H groups in total. The van der Waals surface area contributed by atoms with E-state index in [2.05, 4.69) is 60.3 Å². The fourth-order valence-corrected chi connectivity index (χ4v) is 4.85. The van der Waals surface area contributed by atoms with E-state index in [9.17, 15) is 0 Å². The molecule has 0 amide bonds. The van der Waals surface area contributed by atoms with E-state index >= 15 is 0 Å². The third kappa shape index (κ3) is 5.64. The van der Waals surface area contributed by atoms with Gasteiger partial charge in [-0.2, -0.15) is 0 Å². The number of hydrogen-bond acceptors (Lipinski definition) is 3. The van der Waals surface area contributed by atoms with Crippen LogP contribution >= 0.6 is 0 Å². The molecule has 3 rings (SSSR count). The second kappa shape index (κ2) is 9.64. The molecule has 1 aromatic rings. The molecule has 2 aliphatic rings. The lowest BCUT2D eigenvalue weighted by atomic mass is 9.86. The van der Waals surface area contributed by atoms with Crippen LogP contribution in [0.2, 0.25) is 0 Å². The monoisotopic (exact) mass is 357 g/mol. The first kappa shape index (κ1) is 19.5.